The van der Waals surface area contributed by atoms with Crippen LogP contribution in [0.2, 0.25) is 0 Å². The minimum Gasteiger partial charge on any atom is -0.496 e. The second-order valence-corrected chi connectivity index (χ2v) is 7.96. The van der Waals surface area contributed by atoms with Crippen LogP contribution in [0.4, 0.5) is 0 Å². The standard InChI is InChI=1S/C24H31N3O2/c1-29-23-12-5-4-10-20(23)22-17-25-14-16-27(22)15-13-24(28)26-21-11-6-8-18-7-2-3-9-19(18)21/h2-5,7,9-10,12,21-22,25H,6,8,11,13-17H2,1H3,(H,26,28). The summed E-state index contributed by atoms with van der Waals surface area (Å²) < 4.78 is 5.57. The number of methoxy groups -OCH3 is 1. The lowest BCUT2D eigenvalue weighted by Crippen LogP contribution is -2.47. The van der Waals surface area contributed by atoms with E-state index in [4.69, 9.17) is 4.74 Å². The van der Waals surface area contributed by atoms with Crippen LogP contribution in [0.25, 0.3) is 0 Å². The van der Waals surface area contributed by atoms with Gasteiger partial charge in [-0.15, -0.1) is 0 Å². The van der Waals surface area contributed by atoms with Crippen LogP contribution >= 0.6 is 0 Å². The molecule has 5 nitrogen and oxygen atoms in total. The highest BCUT2D eigenvalue weighted by atomic mass is 16.5. The third-order valence-electron chi connectivity index (χ3n) is 6.18. The first-order valence-electron chi connectivity index (χ1n) is 10.7. The largest absolute Gasteiger partial charge is 0.496 e. The summed E-state index contributed by atoms with van der Waals surface area (Å²) in [6.07, 6.45) is 3.80. The van der Waals surface area contributed by atoms with Crippen LogP contribution in [0.3, 0.4) is 0 Å². The van der Waals surface area contributed by atoms with Gasteiger partial charge in [0.15, 0.2) is 0 Å². The van der Waals surface area contributed by atoms with Crippen molar-refractivity contribution in [3.8, 4) is 5.75 Å². The van der Waals surface area contributed by atoms with E-state index in [1.54, 1.807) is 7.11 Å². The molecule has 2 atom stereocenters. The summed E-state index contributed by atoms with van der Waals surface area (Å²) in [5.74, 6) is 1.05. The Hall–Kier alpha value is -2.37. The SMILES string of the molecule is COc1ccccc1C1CNCCN1CCC(=O)NC1CCCc2ccccc21. The smallest absolute Gasteiger partial charge is 0.221 e. The fourth-order valence-corrected chi connectivity index (χ4v) is 4.68. The molecule has 29 heavy (non-hydrogen) atoms. The number of benzene rings is 2. The average molecular weight is 394 g/mol. The van der Waals surface area contributed by atoms with Crippen molar-refractivity contribution in [2.45, 2.75) is 37.8 Å². The number of hydrogen-bond donors (Lipinski definition) is 2. The summed E-state index contributed by atoms with van der Waals surface area (Å²) in [4.78, 5) is 15.2. The quantitative estimate of drug-likeness (QED) is 0.791. The summed E-state index contributed by atoms with van der Waals surface area (Å²) >= 11 is 0. The Bertz CT molecular complexity index is 838. The molecule has 1 aliphatic carbocycles. The number of aryl methyl sites for hydroxylation is 1. The molecule has 1 aliphatic heterocycles. The third kappa shape index (κ3) is 4.62. The van der Waals surface area contributed by atoms with E-state index in [1.165, 1.54) is 16.7 Å². The lowest BCUT2D eigenvalue weighted by atomic mass is 9.87. The van der Waals surface area contributed by atoms with Gasteiger partial charge in [-0.3, -0.25) is 9.69 Å². The zero-order valence-corrected chi connectivity index (χ0v) is 17.2. The Morgan fingerprint density at radius 1 is 1.17 bits per heavy atom. The summed E-state index contributed by atoms with van der Waals surface area (Å²) in [6, 6.07) is 17.1. The predicted octanol–water partition coefficient (Wildman–Crippen LogP) is 3.23. The van der Waals surface area contributed by atoms with E-state index in [1.807, 2.05) is 12.1 Å². The molecule has 2 aromatic carbocycles. The molecule has 2 unspecified atom stereocenters. The van der Waals surface area contributed by atoms with Crippen LogP contribution in [-0.2, 0) is 11.2 Å². The monoisotopic (exact) mass is 393 g/mol. The molecule has 4 rings (SSSR count). The molecule has 0 spiro atoms. The number of piperazine rings is 1. The number of carbonyl (C=O) groups is 1. The van der Waals surface area contributed by atoms with Gasteiger partial charge in [-0.05, 0) is 36.5 Å². The van der Waals surface area contributed by atoms with Gasteiger partial charge in [0, 0.05) is 38.2 Å². The van der Waals surface area contributed by atoms with Gasteiger partial charge in [0.2, 0.25) is 5.91 Å². The number of carbonyl (C=O) groups excluding carboxylic acids is 1. The van der Waals surface area contributed by atoms with Crippen LogP contribution in [-0.4, -0.2) is 44.1 Å². The lowest BCUT2D eigenvalue weighted by Gasteiger charge is -2.37. The first kappa shape index (κ1) is 19.9. The number of fused-ring (bicyclic) bond motifs is 1. The zero-order valence-electron chi connectivity index (χ0n) is 17.2. The Kier molecular flexibility index (Phi) is 6.47. The van der Waals surface area contributed by atoms with E-state index in [-0.39, 0.29) is 18.0 Å². The van der Waals surface area contributed by atoms with Crippen molar-refractivity contribution in [2.75, 3.05) is 33.3 Å². The van der Waals surface area contributed by atoms with Gasteiger partial charge in [0.05, 0.1) is 19.2 Å². The maximum Gasteiger partial charge on any atom is 0.221 e. The van der Waals surface area contributed by atoms with E-state index in [9.17, 15) is 4.79 Å². The molecule has 0 saturated carbocycles. The van der Waals surface area contributed by atoms with E-state index >= 15 is 0 Å². The van der Waals surface area contributed by atoms with Crippen molar-refractivity contribution in [3.05, 3.63) is 65.2 Å². The Morgan fingerprint density at radius 3 is 2.83 bits per heavy atom. The number of hydrogen-bond acceptors (Lipinski definition) is 4. The van der Waals surface area contributed by atoms with Crippen LogP contribution in [0.15, 0.2) is 48.5 Å². The minimum absolute atomic E-state index is 0.143. The first-order valence-corrected chi connectivity index (χ1v) is 10.7. The molecular formula is C24H31N3O2. The molecule has 1 saturated heterocycles. The van der Waals surface area contributed by atoms with Crippen LogP contribution in [0.1, 0.15) is 48.0 Å². The van der Waals surface area contributed by atoms with Gasteiger partial charge in [0.1, 0.15) is 5.75 Å². The van der Waals surface area contributed by atoms with Gasteiger partial charge in [-0.25, -0.2) is 0 Å². The van der Waals surface area contributed by atoms with Crippen LogP contribution < -0.4 is 15.4 Å². The Balaban J connectivity index is 1.38. The molecule has 1 amide bonds. The number of amides is 1. The summed E-state index contributed by atoms with van der Waals surface area (Å²) in [6.45, 7) is 3.51. The maximum absolute atomic E-state index is 12.8. The Labute approximate surface area is 173 Å². The lowest BCUT2D eigenvalue weighted by molar-refractivity contribution is -0.122. The van der Waals surface area contributed by atoms with Crippen molar-refractivity contribution in [1.29, 1.82) is 0 Å². The highest BCUT2D eigenvalue weighted by Crippen LogP contribution is 2.31. The van der Waals surface area contributed by atoms with E-state index in [0.717, 1.165) is 51.2 Å². The number of nitrogens with one attached hydrogen (secondary N) is 2. The molecule has 0 bridgehead atoms. The van der Waals surface area contributed by atoms with Gasteiger partial charge >= 0.3 is 0 Å². The fourth-order valence-electron chi connectivity index (χ4n) is 4.68. The van der Waals surface area contributed by atoms with Crippen molar-refractivity contribution >= 4 is 5.91 Å². The molecule has 2 aromatic rings. The van der Waals surface area contributed by atoms with E-state index < -0.39 is 0 Å². The highest BCUT2D eigenvalue weighted by Gasteiger charge is 2.27. The van der Waals surface area contributed by atoms with Crippen molar-refractivity contribution < 1.29 is 9.53 Å². The normalized spacial score (nSPS) is 22.0. The topological polar surface area (TPSA) is 53.6 Å². The van der Waals surface area contributed by atoms with Crippen LogP contribution in [0.5, 0.6) is 5.75 Å². The van der Waals surface area contributed by atoms with Gasteiger partial charge in [0.25, 0.3) is 0 Å². The van der Waals surface area contributed by atoms with Crippen molar-refractivity contribution in [1.82, 2.24) is 15.5 Å². The van der Waals surface area contributed by atoms with E-state index in [2.05, 4.69) is 51.9 Å². The molecule has 5 heteroatoms. The first-order chi connectivity index (χ1) is 14.3. The third-order valence-corrected chi connectivity index (χ3v) is 6.18. The molecule has 0 radical (unpaired) electrons. The summed E-state index contributed by atoms with van der Waals surface area (Å²) in [5, 5.41) is 6.77. The molecule has 2 N–H and O–H groups in total. The molecule has 154 valence electrons. The van der Waals surface area contributed by atoms with Crippen LogP contribution in [0, 0.1) is 0 Å². The fraction of sp³-hybridized carbons (Fsp3) is 0.458. The maximum atomic E-state index is 12.8. The highest BCUT2D eigenvalue weighted by molar-refractivity contribution is 5.76. The Morgan fingerprint density at radius 2 is 1.97 bits per heavy atom. The molecule has 1 fully saturated rings. The molecular weight excluding hydrogens is 362 g/mol. The number of para-hydroxylation sites is 1. The number of nitrogens with zero attached hydrogens (tertiary/aromatic N) is 1. The average Bonchev–Trinajstić information content (AvgIpc) is 2.78. The molecule has 1 heterocycles. The predicted molar refractivity (Wildman–Crippen MR) is 115 cm³/mol. The second-order valence-electron chi connectivity index (χ2n) is 7.96. The van der Waals surface area contributed by atoms with E-state index in [0.29, 0.717) is 6.42 Å². The zero-order chi connectivity index (χ0) is 20.1. The van der Waals surface area contributed by atoms with Gasteiger partial charge in [-0.2, -0.15) is 0 Å². The summed E-state index contributed by atoms with van der Waals surface area (Å²) in [7, 11) is 1.72. The molecule has 0 aromatic heterocycles. The molecule has 2 aliphatic rings. The minimum atomic E-state index is 0.143. The number of rotatable bonds is 6. The van der Waals surface area contributed by atoms with Gasteiger partial charge in [-0.1, -0.05) is 42.5 Å². The van der Waals surface area contributed by atoms with Crippen molar-refractivity contribution in [2.24, 2.45) is 0 Å². The van der Waals surface area contributed by atoms with Gasteiger partial charge < -0.3 is 15.4 Å². The second kappa shape index (κ2) is 9.42. The number of ether oxygens (including phenoxy) is 1. The summed E-state index contributed by atoms with van der Waals surface area (Å²) in [5.41, 5.74) is 3.85. The van der Waals surface area contributed by atoms with Crippen molar-refractivity contribution in [3.63, 3.8) is 0 Å².